The Morgan fingerprint density at radius 3 is 2.52 bits per heavy atom. The molecule has 2 aromatic rings. The topological polar surface area (TPSA) is 84.1 Å². The monoisotopic (exact) mass is 399 g/mol. The number of anilines is 2. The maximum Gasteiger partial charge on any atom is 0.338 e. The maximum absolute atomic E-state index is 12.6. The zero-order chi connectivity index (χ0) is 20.6. The van der Waals surface area contributed by atoms with Gasteiger partial charge in [0, 0.05) is 18.3 Å². The number of rotatable bonds is 3. The molecule has 3 heterocycles. The molecule has 0 spiro atoms. The highest BCUT2D eigenvalue weighted by molar-refractivity contribution is 5.95. The first-order chi connectivity index (χ1) is 13.8. The van der Waals surface area contributed by atoms with E-state index in [2.05, 4.69) is 4.98 Å². The molecule has 154 valence electrons. The van der Waals surface area contributed by atoms with E-state index in [0.717, 1.165) is 11.5 Å². The molecule has 1 fully saturated rings. The molecule has 0 aliphatic carbocycles. The van der Waals surface area contributed by atoms with E-state index < -0.39 is 5.60 Å². The van der Waals surface area contributed by atoms with E-state index in [4.69, 9.17) is 14.2 Å². The van der Waals surface area contributed by atoms with E-state index in [0.29, 0.717) is 50.0 Å². The van der Waals surface area contributed by atoms with Gasteiger partial charge in [-0.2, -0.15) is 0 Å². The Balaban J connectivity index is 1.55. The second-order valence-corrected chi connectivity index (χ2v) is 8.05. The molecule has 2 aliphatic heterocycles. The average Bonchev–Trinajstić information content (AvgIpc) is 3.35. The first-order valence-electron chi connectivity index (χ1n) is 9.65. The molecule has 0 unspecified atom stereocenters. The summed E-state index contributed by atoms with van der Waals surface area (Å²) < 4.78 is 16.4. The highest BCUT2D eigenvalue weighted by Gasteiger charge is 2.28. The third-order valence-corrected chi connectivity index (χ3v) is 4.69. The van der Waals surface area contributed by atoms with Crippen LogP contribution in [0.3, 0.4) is 0 Å². The second kappa shape index (κ2) is 7.44. The minimum absolute atomic E-state index is 0.110. The Morgan fingerprint density at radius 2 is 1.86 bits per heavy atom. The number of esters is 1. The van der Waals surface area contributed by atoms with Crippen LogP contribution < -0.4 is 9.64 Å². The Labute approximate surface area is 169 Å². The van der Waals surface area contributed by atoms with Gasteiger partial charge in [0.25, 0.3) is 5.91 Å². The third-order valence-electron chi connectivity index (χ3n) is 4.69. The molecule has 1 N–H and O–H groups in total. The first kappa shape index (κ1) is 19.3. The van der Waals surface area contributed by atoms with Crippen LogP contribution in [0.5, 0.6) is 5.75 Å². The van der Waals surface area contributed by atoms with Crippen LogP contribution in [-0.4, -0.2) is 60.4 Å². The molecule has 0 saturated carbocycles. The molecule has 2 aliphatic rings. The van der Waals surface area contributed by atoms with Crippen LogP contribution in [0, 0.1) is 0 Å². The number of aromatic amines is 1. The second-order valence-electron chi connectivity index (χ2n) is 8.05. The summed E-state index contributed by atoms with van der Waals surface area (Å²) in [5.74, 6) is 0.897. The third kappa shape index (κ3) is 4.07. The van der Waals surface area contributed by atoms with Crippen molar-refractivity contribution in [1.29, 1.82) is 0 Å². The number of hydrogen-bond donors (Lipinski definition) is 1. The minimum Gasteiger partial charge on any atom is -0.488 e. The number of hydrogen-bond acceptors (Lipinski definition) is 6. The van der Waals surface area contributed by atoms with E-state index in [9.17, 15) is 9.59 Å². The number of ether oxygens (including phenoxy) is 3. The van der Waals surface area contributed by atoms with Gasteiger partial charge in [0.05, 0.1) is 18.7 Å². The SMILES string of the molecule is CC(C)(C)OC(=O)c1ccc(N2CCOc3cc(C(=O)N4CCOC4)[nH]c32)cc1. The van der Waals surface area contributed by atoms with Crippen molar-refractivity contribution in [2.45, 2.75) is 26.4 Å². The fourth-order valence-electron chi connectivity index (χ4n) is 3.33. The van der Waals surface area contributed by atoms with E-state index >= 15 is 0 Å². The number of amides is 1. The predicted octanol–water partition coefficient (Wildman–Crippen LogP) is 2.93. The van der Waals surface area contributed by atoms with Crippen LogP contribution >= 0.6 is 0 Å². The van der Waals surface area contributed by atoms with Gasteiger partial charge in [0.1, 0.15) is 24.6 Å². The van der Waals surface area contributed by atoms with Crippen LogP contribution in [0.4, 0.5) is 11.5 Å². The maximum atomic E-state index is 12.6. The molecule has 0 bridgehead atoms. The average molecular weight is 399 g/mol. The highest BCUT2D eigenvalue weighted by Crippen LogP contribution is 2.37. The Kier molecular flexibility index (Phi) is 4.96. The van der Waals surface area contributed by atoms with Gasteiger partial charge < -0.3 is 29.0 Å². The molecular formula is C21H25N3O5. The summed E-state index contributed by atoms with van der Waals surface area (Å²) in [6.07, 6.45) is 0. The Bertz CT molecular complexity index is 907. The Hall–Kier alpha value is -3.00. The predicted molar refractivity (Wildman–Crippen MR) is 107 cm³/mol. The molecule has 1 aromatic carbocycles. The normalized spacial score (nSPS) is 16.4. The fourth-order valence-corrected chi connectivity index (χ4v) is 3.33. The van der Waals surface area contributed by atoms with Crippen molar-refractivity contribution in [3.8, 4) is 5.75 Å². The first-order valence-corrected chi connectivity index (χ1v) is 9.65. The van der Waals surface area contributed by atoms with Crippen molar-refractivity contribution < 1.29 is 23.8 Å². The number of carbonyl (C=O) groups is 2. The van der Waals surface area contributed by atoms with Crippen LogP contribution in [0.25, 0.3) is 0 Å². The number of nitrogens with one attached hydrogen (secondary N) is 1. The lowest BCUT2D eigenvalue weighted by molar-refractivity contribution is 0.00694. The quantitative estimate of drug-likeness (QED) is 0.799. The number of carbonyl (C=O) groups excluding carboxylic acids is 2. The lowest BCUT2D eigenvalue weighted by Crippen LogP contribution is -2.29. The molecule has 8 heteroatoms. The summed E-state index contributed by atoms with van der Waals surface area (Å²) in [4.78, 5) is 31.7. The van der Waals surface area contributed by atoms with Crippen molar-refractivity contribution in [2.75, 3.05) is 37.9 Å². The smallest absolute Gasteiger partial charge is 0.338 e. The molecule has 1 amide bonds. The lowest BCUT2D eigenvalue weighted by Gasteiger charge is -2.29. The summed E-state index contributed by atoms with van der Waals surface area (Å²) in [5.41, 5.74) is 1.32. The van der Waals surface area contributed by atoms with Gasteiger partial charge in [-0.05, 0) is 45.0 Å². The lowest BCUT2D eigenvalue weighted by atomic mass is 10.1. The zero-order valence-electron chi connectivity index (χ0n) is 16.9. The van der Waals surface area contributed by atoms with Crippen molar-refractivity contribution in [3.05, 3.63) is 41.6 Å². The van der Waals surface area contributed by atoms with Gasteiger partial charge in [-0.25, -0.2) is 4.79 Å². The number of fused-ring (bicyclic) bond motifs is 1. The standard InChI is InChI=1S/C21H25N3O5/c1-21(2,3)29-20(26)14-4-6-15(7-5-14)24-9-11-28-17-12-16(22-18(17)24)19(25)23-8-10-27-13-23/h4-7,12,22H,8-11,13H2,1-3H3. The number of nitrogens with zero attached hydrogens (tertiary/aromatic N) is 2. The van der Waals surface area contributed by atoms with Gasteiger partial charge in [-0.1, -0.05) is 0 Å². The van der Waals surface area contributed by atoms with Gasteiger partial charge in [-0.3, -0.25) is 4.79 Å². The molecule has 0 atom stereocenters. The molecule has 1 saturated heterocycles. The highest BCUT2D eigenvalue weighted by atomic mass is 16.6. The van der Waals surface area contributed by atoms with E-state index in [1.807, 2.05) is 37.8 Å². The molecule has 0 radical (unpaired) electrons. The number of benzene rings is 1. The van der Waals surface area contributed by atoms with Crippen LogP contribution in [0.2, 0.25) is 0 Å². The molecule has 1 aromatic heterocycles. The number of aromatic nitrogens is 1. The van der Waals surface area contributed by atoms with Gasteiger partial charge in [-0.15, -0.1) is 0 Å². The van der Waals surface area contributed by atoms with Crippen LogP contribution in [0.15, 0.2) is 30.3 Å². The molecule has 8 nitrogen and oxygen atoms in total. The molecular weight excluding hydrogens is 374 g/mol. The van der Waals surface area contributed by atoms with Crippen molar-refractivity contribution in [3.63, 3.8) is 0 Å². The number of H-pyrrole nitrogens is 1. The van der Waals surface area contributed by atoms with Crippen molar-refractivity contribution in [1.82, 2.24) is 9.88 Å². The van der Waals surface area contributed by atoms with E-state index in [-0.39, 0.29) is 11.9 Å². The van der Waals surface area contributed by atoms with Gasteiger partial charge in [0.2, 0.25) is 0 Å². The zero-order valence-corrected chi connectivity index (χ0v) is 16.9. The summed E-state index contributed by atoms with van der Waals surface area (Å²) in [7, 11) is 0. The largest absolute Gasteiger partial charge is 0.488 e. The summed E-state index contributed by atoms with van der Waals surface area (Å²) in [5, 5.41) is 0. The van der Waals surface area contributed by atoms with Crippen molar-refractivity contribution >= 4 is 23.4 Å². The fraction of sp³-hybridized carbons (Fsp3) is 0.429. The minimum atomic E-state index is -0.539. The van der Waals surface area contributed by atoms with E-state index in [1.165, 1.54) is 0 Å². The summed E-state index contributed by atoms with van der Waals surface area (Å²) in [6, 6.07) is 8.96. The van der Waals surface area contributed by atoms with Gasteiger partial charge >= 0.3 is 5.97 Å². The van der Waals surface area contributed by atoms with Crippen molar-refractivity contribution in [2.24, 2.45) is 0 Å². The summed E-state index contributed by atoms with van der Waals surface area (Å²) >= 11 is 0. The van der Waals surface area contributed by atoms with Crippen LogP contribution in [-0.2, 0) is 9.47 Å². The molecule has 29 heavy (non-hydrogen) atoms. The molecule has 4 rings (SSSR count). The summed E-state index contributed by atoms with van der Waals surface area (Å²) in [6.45, 7) is 8.09. The van der Waals surface area contributed by atoms with E-state index in [1.54, 1.807) is 23.1 Å². The van der Waals surface area contributed by atoms with Crippen LogP contribution in [0.1, 0.15) is 41.6 Å². The Morgan fingerprint density at radius 1 is 1.10 bits per heavy atom. The van der Waals surface area contributed by atoms with Gasteiger partial charge in [0.15, 0.2) is 11.6 Å².